The largest absolute Gasteiger partial charge is 0.381 e. The van der Waals surface area contributed by atoms with E-state index in [0.29, 0.717) is 18.9 Å². The first-order valence-corrected chi connectivity index (χ1v) is 11.1. The van der Waals surface area contributed by atoms with Gasteiger partial charge in [-0.05, 0) is 43.7 Å². The summed E-state index contributed by atoms with van der Waals surface area (Å²) in [5.74, 6) is 0.410. The molecule has 0 radical (unpaired) electrons. The molecule has 154 valence electrons. The summed E-state index contributed by atoms with van der Waals surface area (Å²) in [5.41, 5.74) is 0.404. The van der Waals surface area contributed by atoms with Crippen LogP contribution in [0.1, 0.15) is 47.2 Å². The van der Waals surface area contributed by atoms with Crippen molar-refractivity contribution in [1.29, 1.82) is 0 Å². The number of amides is 2. The monoisotopic (exact) mass is 414 g/mol. The highest BCUT2D eigenvalue weighted by atomic mass is 32.1. The van der Waals surface area contributed by atoms with Gasteiger partial charge in [0.05, 0.1) is 6.04 Å². The van der Waals surface area contributed by atoms with Crippen LogP contribution < -0.4 is 5.32 Å². The summed E-state index contributed by atoms with van der Waals surface area (Å²) in [7, 11) is 0. The smallest absolute Gasteiger partial charge is 0.270 e. The van der Waals surface area contributed by atoms with Gasteiger partial charge in [-0.1, -0.05) is 6.07 Å². The van der Waals surface area contributed by atoms with E-state index in [4.69, 9.17) is 4.74 Å². The highest BCUT2D eigenvalue weighted by molar-refractivity contribution is 7.09. The average Bonchev–Trinajstić information content (AvgIpc) is 3.33. The van der Waals surface area contributed by atoms with Crippen LogP contribution in [-0.2, 0) is 9.53 Å². The number of hydrogen-bond acceptors (Lipinski definition) is 6. The number of pyridine rings is 1. The molecule has 2 saturated heterocycles. The second kappa shape index (κ2) is 9.45. The van der Waals surface area contributed by atoms with Crippen LogP contribution in [0.25, 0.3) is 0 Å². The summed E-state index contributed by atoms with van der Waals surface area (Å²) in [6, 6.07) is 5.15. The van der Waals surface area contributed by atoms with Gasteiger partial charge in [-0.3, -0.25) is 14.6 Å². The molecule has 1 atom stereocenters. The predicted octanol–water partition coefficient (Wildman–Crippen LogP) is 2.67. The zero-order chi connectivity index (χ0) is 20.1. The molecular weight excluding hydrogens is 388 g/mol. The van der Waals surface area contributed by atoms with E-state index in [1.807, 2.05) is 10.3 Å². The van der Waals surface area contributed by atoms with E-state index in [9.17, 15) is 9.59 Å². The molecular formula is C21H26N4O3S. The van der Waals surface area contributed by atoms with Crippen molar-refractivity contribution in [1.82, 2.24) is 20.2 Å². The number of carbonyl (C=O) groups excluding carboxylic acids is 2. The van der Waals surface area contributed by atoms with Crippen molar-refractivity contribution in [2.75, 3.05) is 26.3 Å². The van der Waals surface area contributed by atoms with Gasteiger partial charge in [-0.25, -0.2) is 4.98 Å². The molecule has 4 rings (SSSR count). The van der Waals surface area contributed by atoms with E-state index in [1.165, 1.54) is 0 Å². The minimum atomic E-state index is -0.188. The lowest BCUT2D eigenvalue weighted by molar-refractivity contribution is -0.140. The minimum Gasteiger partial charge on any atom is -0.381 e. The summed E-state index contributed by atoms with van der Waals surface area (Å²) in [5, 5.41) is 5.97. The molecule has 8 heteroatoms. The Morgan fingerprint density at radius 1 is 1.10 bits per heavy atom. The second-order valence-corrected chi connectivity index (χ2v) is 8.51. The van der Waals surface area contributed by atoms with Crippen LogP contribution in [0.15, 0.2) is 36.0 Å². The Hall–Kier alpha value is -2.32. The van der Waals surface area contributed by atoms with Crippen molar-refractivity contribution < 1.29 is 14.3 Å². The SMILES string of the molecule is O=C(NC(c1nccs1)C1CCN(C(=O)C2CCOCC2)CC1)c1ccccn1. The molecule has 0 spiro atoms. The van der Waals surface area contributed by atoms with Crippen molar-refractivity contribution in [2.24, 2.45) is 11.8 Å². The molecule has 2 aromatic rings. The maximum atomic E-state index is 12.8. The lowest BCUT2D eigenvalue weighted by atomic mass is 9.88. The predicted molar refractivity (Wildman–Crippen MR) is 109 cm³/mol. The number of thiazole rings is 1. The Morgan fingerprint density at radius 2 is 1.90 bits per heavy atom. The van der Waals surface area contributed by atoms with Crippen LogP contribution in [0.5, 0.6) is 0 Å². The summed E-state index contributed by atoms with van der Waals surface area (Å²) < 4.78 is 5.38. The van der Waals surface area contributed by atoms with Gasteiger partial charge in [0, 0.05) is 50.0 Å². The number of piperidine rings is 1. The van der Waals surface area contributed by atoms with Gasteiger partial charge in [0.2, 0.25) is 5.91 Å². The Morgan fingerprint density at radius 3 is 2.55 bits per heavy atom. The summed E-state index contributed by atoms with van der Waals surface area (Å²) in [6.45, 7) is 2.81. The number of carbonyl (C=O) groups is 2. The van der Waals surface area contributed by atoms with E-state index in [1.54, 1.807) is 41.9 Å². The third kappa shape index (κ3) is 4.82. The highest BCUT2D eigenvalue weighted by Gasteiger charge is 2.34. The molecule has 0 bridgehead atoms. The first-order chi connectivity index (χ1) is 14.2. The fourth-order valence-corrected chi connectivity index (χ4v) is 4.92. The van der Waals surface area contributed by atoms with Crippen molar-refractivity contribution >= 4 is 23.2 Å². The van der Waals surface area contributed by atoms with E-state index < -0.39 is 0 Å². The molecule has 0 aliphatic carbocycles. The lowest BCUT2D eigenvalue weighted by Gasteiger charge is -2.37. The zero-order valence-electron chi connectivity index (χ0n) is 16.3. The molecule has 2 amide bonds. The zero-order valence-corrected chi connectivity index (χ0v) is 17.1. The van der Waals surface area contributed by atoms with Gasteiger partial charge < -0.3 is 15.0 Å². The minimum absolute atomic E-state index is 0.0962. The lowest BCUT2D eigenvalue weighted by Crippen LogP contribution is -2.45. The van der Waals surface area contributed by atoms with Crippen LogP contribution in [0.4, 0.5) is 0 Å². The Labute approximate surface area is 174 Å². The molecule has 7 nitrogen and oxygen atoms in total. The van der Waals surface area contributed by atoms with Crippen molar-refractivity contribution in [3.05, 3.63) is 46.7 Å². The number of ether oxygens (including phenoxy) is 1. The molecule has 1 N–H and O–H groups in total. The average molecular weight is 415 g/mol. The first-order valence-electron chi connectivity index (χ1n) is 10.2. The van der Waals surface area contributed by atoms with Crippen LogP contribution >= 0.6 is 11.3 Å². The molecule has 2 fully saturated rings. The standard InChI is InChI=1S/C21H26N4O3S/c26-19(17-3-1-2-8-22-17)24-18(20-23-9-14-29-20)15-4-10-25(11-5-15)21(27)16-6-12-28-13-7-16/h1-3,8-9,14-16,18H,4-7,10-13H2,(H,24,26). The van der Waals surface area contributed by atoms with E-state index in [-0.39, 0.29) is 29.7 Å². The highest BCUT2D eigenvalue weighted by Crippen LogP contribution is 2.33. The molecule has 4 heterocycles. The fraction of sp³-hybridized carbons (Fsp3) is 0.524. The van der Waals surface area contributed by atoms with Gasteiger partial charge in [0.25, 0.3) is 5.91 Å². The number of nitrogens with zero attached hydrogens (tertiary/aromatic N) is 3. The fourth-order valence-electron chi connectivity index (χ4n) is 4.14. The van der Waals surface area contributed by atoms with Gasteiger partial charge in [0.1, 0.15) is 10.7 Å². The number of likely N-dealkylation sites (tertiary alicyclic amines) is 1. The molecule has 2 aliphatic rings. The molecule has 0 saturated carbocycles. The third-order valence-electron chi connectivity index (χ3n) is 5.79. The summed E-state index contributed by atoms with van der Waals surface area (Å²) in [6.07, 6.45) is 6.72. The Balaban J connectivity index is 1.40. The van der Waals surface area contributed by atoms with Gasteiger partial charge in [0.15, 0.2) is 0 Å². The molecule has 0 aromatic carbocycles. The molecule has 2 aromatic heterocycles. The van der Waals surface area contributed by atoms with Crippen LogP contribution in [0.2, 0.25) is 0 Å². The topological polar surface area (TPSA) is 84.4 Å². The quantitative estimate of drug-likeness (QED) is 0.813. The van der Waals surface area contributed by atoms with E-state index >= 15 is 0 Å². The Bertz CT molecular complexity index is 801. The van der Waals surface area contributed by atoms with Crippen LogP contribution in [0, 0.1) is 11.8 Å². The van der Waals surface area contributed by atoms with Gasteiger partial charge in [-0.15, -0.1) is 11.3 Å². The maximum Gasteiger partial charge on any atom is 0.270 e. The van der Waals surface area contributed by atoms with Crippen LogP contribution in [-0.4, -0.2) is 53.0 Å². The Kier molecular flexibility index (Phi) is 6.51. The first kappa shape index (κ1) is 20.0. The van der Waals surface area contributed by atoms with E-state index in [0.717, 1.165) is 43.8 Å². The maximum absolute atomic E-state index is 12.8. The summed E-state index contributed by atoms with van der Waals surface area (Å²) >= 11 is 1.55. The molecule has 1 unspecified atom stereocenters. The summed E-state index contributed by atoms with van der Waals surface area (Å²) in [4.78, 5) is 36.1. The number of aromatic nitrogens is 2. The number of hydrogen-bond donors (Lipinski definition) is 1. The molecule has 2 aliphatic heterocycles. The van der Waals surface area contributed by atoms with E-state index in [2.05, 4.69) is 15.3 Å². The van der Waals surface area contributed by atoms with Crippen molar-refractivity contribution in [3.8, 4) is 0 Å². The number of rotatable bonds is 5. The number of nitrogens with one attached hydrogen (secondary N) is 1. The van der Waals surface area contributed by atoms with Gasteiger partial charge >= 0.3 is 0 Å². The molecule has 29 heavy (non-hydrogen) atoms. The van der Waals surface area contributed by atoms with Gasteiger partial charge in [-0.2, -0.15) is 0 Å². The van der Waals surface area contributed by atoms with Crippen LogP contribution in [0.3, 0.4) is 0 Å². The second-order valence-electron chi connectivity index (χ2n) is 7.59. The third-order valence-corrected chi connectivity index (χ3v) is 6.65. The normalized spacial score (nSPS) is 19.7. The van der Waals surface area contributed by atoms with Crippen molar-refractivity contribution in [2.45, 2.75) is 31.7 Å². The van der Waals surface area contributed by atoms with Crippen molar-refractivity contribution in [3.63, 3.8) is 0 Å².